The summed E-state index contributed by atoms with van der Waals surface area (Å²) in [7, 11) is -2.41. The zero-order valence-corrected chi connectivity index (χ0v) is 17.8. The molecule has 0 aromatic heterocycles. The van der Waals surface area contributed by atoms with Crippen molar-refractivity contribution in [3.63, 3.8) is 0 Å². The second-order valence-corrected chi connectivity index (χ2v) is 9.65. The fraction of sp³-hybridized carbons (Fsp3) is 0.300. The van der Waals surface area contributed by atoms with Gasteiger partial charge in [0.05, 0.1) is 29.1 Å². The third kappa shape index (κ3) is 4.27. The molecular weight excluding hydrogens is 442 g/mol. The maximum atomic E-state index is 12.9. The molecule has 3 rings (SSSR count). The number of halogens is 1. The lowest BCUT2D eigenvalue weighted by Gasteiger charge is -2.27. The molecule has 1 amide bonds. The second kappa shape index (κ2) is 8.43. The Kier molecular flexibility index (Phi) is 6.18. The number of hydrogen-bond acceptors (Lipinski definition) is 4. The highest BCUT2D eigenvalue weighted by Crippen LogP contribution is 2.32. The van der Waals surface area contributed by atoms with Crippen molar-refractivity contribution in [3.8, 4) is 6.07 Å². The standard InChI is InChI=1S/C20H20BrN3O3S/c1-23(28(26,27)18-10-4-15(13-22)5-11-18)14-20(25)24-12-2-3-19(24)16-6-8-17(21)9-7-16/h4-11,19H,2-3,12,14H2,1H3. The van der Waals surface area contributed by atoms with E-state index in [-0.39, 0.29) is 23.4 Å². The summed E-state index contributed by atoms with van der Waals surface area (Å²) in [6.07, 6.45) is 1.75. The molecule has 0 spiro atoms. The van der Waals surface area contributed by atoms with Gasteiger partial charge < -0.3 is 4.90 Å². The molecule has 0 saturated carbocycles. The number of amides is 1. The second-order valence-electron chi connectivity index (χ2n) is 6.69. The Bertz CT molecular complexity index is 998. The number of benzene rings is 2. The first kappa shape index (κ1) is 20.5. The van der Waals surface area contributed by atoms with Gasteiger partial charge in [-0.3, -0.25) is 4.79 Å². The molecule has 0 N–H and O–H groups in total. The van der Waals surface area contributed by atoms with Gasteiger partial charge in [-0.25, -0.2) is 8.42 Å². The number of carbonyl (C=O) groups is 1. The number of likely N-dealkylation sites (N-methyl/N-ethyl adjacent to an activating group) is 1. The molecule has 6 nitrogen and oxygen atoms in total. The molecular formula is C20H20BrN3O3S. The summed E-state index contributed by atoms with van der Waals surface area (Å²) in [6.45, 7) is 0.389. The lowest BCUT2D eigenvalue weighted by molar-refractivity contribution is -0.132. The van der Waals surface area contributed by atoms with Gasteiger partial charge in [-0.15, -0.1) is 0 Å². The zero-order valence-electron chi connectivity index (χ0n) is 15.4. The monoisotopic (exact) mass is 461 g/mol. The van der Waals surface area contributed by atoms with Crippen LogP contribution in [0.1, 0.15) is 30.0 Å². The van der Waals surface area contributed by atoms with Gasteiger partial charge in [-0.2, -0.15) is 9.57 Å². The molecule has 28 heavy (non-hydrogen) atoms. The average Bonchev–Trinajstić information content (AvgIpc) is 3.18. The minimum atomic E-state index is -3.81. The van der Waals surface area contributed by atoms with E-state index in [4.69, 9.17) is 5.26 Å². The van der Waals surface area contributed by atoms with Crippen LogP contribution in [0.15, 0.2) is 57.9 Å². The molecule has 146 valence electrons. The van der Waals surface area contributed by atoms with E-state index in [0.29, 0.717) is 12.1 Å². The topological polar surface area (TPSA) is 81.5 Å². The summed E-state index contributed by atoms with van der Waals surface area (Å²) in [6, 6.07) is 15.4. The number of rotatable bonds is 5. The van der Waals surface area contributed by atoms with E-state index in [1.807, 2.05) is 30.3 Å². The van der Waals surface area contributed by atoms with E-state index in [1.54, 1.807) is 4.90 Å². The van der Waals surface area contributed by atoms with Crippen molar-refractivity contribution in [3.05, 3.63) is 64.1 Å². The quantitative estimate of drug-likeness (QED) is 0.683. The van der Waals surface area contributed by atoms with E-state index in [2.05, 4.69) is 15.9 Å². The van der Waals surface area contributed by atoms with E-state index >= 15 is 0 Å². The van der Waals surface area contributed by atoms with Gasteiger partial charge in [0.25, 0.3) is 0 Å². The van der Waals surface area contributed by atoms with Crippen LogP contribution in [0.5, 0.6) is 0 Å². The number of nitrogens with zero attached hydrogens (tertiary/aromatic N) is 3. The number of hydrogen-bond donors (Lipinski definition) is 0. The van der Waals surface area contributed by atoms with Crippen molar-refractivity contribution >= 4 is 31.9 Å². The Morgan fingerprint density at radius 2 is 1.86 bits per heavy atom. The summed E-state index contributed by atoms with van der Waals surface area (Å²) in [5.74, 6) is -0.217. The zero-order chi connectivity index (χ0) is 20.3. The first-order chi connectivity index (χ1) is 13.3. The van der Waals surface area contributed by atoms with Crippen LogP contribution in [0.4, 0.5) is 0 Å². The van der Waals surface area contributed by atoms with Gasteiger partial charge in [0.2, 0.25) is 15.9 Å². The molecule has 2 aromatic carbocycles. The molecule has 0 radical (unpaired) electrons. The minimum Gasteiger partial charge on any atom is -0.335 e. The Balaban J connectivity index is 1.73. The first-order valence-corrected chi connectivity index (χ1v) is 11.1. The maximum Gasteiger partial charge on any atom is 0.243 e. The van der Waals surface area contributed by atoms with Crippen molar-refractivity contribution in [2.24, 2.45) is 0 Å². The summed E-state index contributed by atoms with van der Waals surface area (Å²) < 4.78 is 27.5. The minimum absolute atomic E-state index is 0.0355. The van der Waals surface area contributed by atoms with Crippen LogP contribution in [-0.4, -0.2) is 43.7 Å². The molecule has 1 fully saturated rings. The van der Waals surface area contributed by atoms with Crippen molar-refractivity contribution in [2.75, 3.05) is 20.1 Å². The highest BCUT2D eigenvalue weighted by molar-refractivity contribution is 9.10. The van der Waals surface area contributed by atoms with Crippen LogP contribution >= 0.6 is 15.9 Å². The van der Waals surface area contributed by atoms with Gasteiger partial charge in [0.15, 0.2) is 0 Å². The van der Waals surface area contributed by atoms with Gasteiger partial charge in [0.1, 0.15) is 0 Å². The number of sulfonamides is 1. The lowest BCUT2D eigenvalue weighted by Crippen LogP contribution is -2.40. The molecule has 1 aliphatic rings. The van der Waals surface area contributed by atoms with Gasteiger partial charge in [0, 0.05) is 18.1 Å². The summed E-state index contributed by atoms with van der Waals surface area (Å²) in [4.78, 5) is 14.7. The van der Waals surface area contributed by atoms with Crippen molar-refractivity contribution in [1.82, 2.24) is 9.21 Å². The summed E-state index contributed by atoms with van der Waals surface area (Å²) >= 11 is 3.41. The molecule has 0 aliphatic carbocycles. The molecule has 1 atom stereocenters. The third-order valence-electron chi connectivity index (χ3n) is 4.88. The number of likely N-dealkylation sites (tertiary alicyclic amines) is 1. The van der Waals surface area contributed by atoms with Crippen LogP contribution in [0.25, 0.3) is 0 Å². The SMILES string of the molecule is CN(CC(=O)N1CCCC1c1ccc(Br)cc1)S(=O)(=O)c1ccc(C#N)cc1. The molecule has 1 heterocycles. The van der Waals surface area contributed by atoms with Crippen molar-refractivity contribution < 1.29 is 13.2 Å². The first-order valence-electron chi connectivity index (χ1n) is 8.84. The number of nitriles is 1. The highest BCUT2D eigenvalue weighted by Gasteiger charge is 2.32. The third-order valence-corrected chi connectivity index (χ3v) is 7.22. The Labute approximate surface area is 173 Å². The Hall–Kier alpha value is -2.21. The normalized spacial score (nSPS) is 16.9. The lowest BCUT2D eigenvalue weighted by atomic mass is 10.0. The van der Waals surface area contributed by atoms with E-state index < -0.39 is 10.0 Å². The average molecular weight is 462 g/mol. The molecule has 1 saturated heterocycles. The fourth-order valence-corrected chi connectivity index (χ4v) is 4.73. The molecule has 0 bridgehead atoms. The molecule has 1 aliphatic heterocycles. The Morgan fingerprint density at radius 1 is 1.21 bits per heavy atom. The fourth-order valence-electron chi connectivity index (χ4n) is 3.34. The summed E-state index contributed by atoms with van der Waals surface area (Å²) in [5.41, 5.74) is 1.43. The summed E-state index contributed by atoms with van der Waals surface area (Å²) in [5, 5.41) is 8.85. The van der Waals surface area contributed by atoms with Crippen LogP contribution in [0.2, 0.25) is 0 Å². The largest absolute Gasteiger partial charge is 0.335 e. The van der Waals surface area contributed by atoms with E-state index in [1.165, 1.54) is 31.3 Å². The van der Waals surface area contributed by atoms with E-state index in [0.717, 1.165) is 27.2 Å². The van der Waals surface area contributed by atoms with Crippen molar-refractivity contribution in [1.29, 1.82) is 5.26 Å². The van der Waals surface area contributed by atoms with Crippen LogP contribution < -0.4 is 0 Å². The van der Waals surface area contributed by atoms with Gasteiger partial charge >= 0.3 is 0 Å². The van der Waals surface area contributed by atoms with Gasteiger partial charge in [-0.1, -0.05) is 28.1 Å². The van der Waals surface area contributed by atoms with E-state index in [9.17, 15) is 13.2 Å². The molecule has 8 heteroatoms. The van der Waals surface area contributed by atoms with Gasteiger partial charge in [-0.05, 0) is 54.8 Å². The van der Waals surface area contributed by atoms with Crippen LogP contribution in [0, 0.1) is 11.3 Å². The highest BCUT2D eigenvalue weighted by atomic mass is 79.9. The van der Waals surface area contributed by atoms with Crippen molar-refractivity contribution in [2.45, 2.75) is 23.8 Å². The predicted octanol–water partition coefficient (Wildman–Crippen LogP) is 3.30. The van der Waals surface area contributed by atoms with Crippen LogP contribution in [-0.2, 0) is 14.8 Å². The maximum absolute atomic E-state index is 12.9. The van der Waals surface area contributed by atoms with Crippen LogP contribution in [0.3, 0.4) is 0 Å². The predicted molar refractivity (Wildman–Crippen MR) is 109 cm³/mol. The molecule has 1 unspecified atom stereocenters. The molecule has 2 aromatic rings. The number of carbonyl (C=O) groups excluding carboxylic acids is 1. The smallest absolute Gasteiger partial charge is 0.243 e. The Morgan fingerprint density at radius 3 is 2.46 bits per heavy atom.